The Morgan fingerprint density at radius 3 is 2.38 bits per heavy atom. The molecule has 0 aliphatic carbocycles. The van der Waals surface area contributed by atoms with Gasteiger partial charge in [0.15, 0.2) is 0 Å². The minimum Gasteiger partial charge on any atom is -0.478 e. The van der Waals surface area contributed by atoms with Crippen LogP contribution in [0.15, 0.2) is 72.8 Å². The van der Waals surface area contributed by atoms with Crippen LogP contribution in [0.4, 0.5) is 5.69 Å². The topological polar surface area (TPSA) is 86.6 Å². The van der Waals surface area contributed by atoms with Gasteiger partial charge in [-0.15, -0.1) is 0 Å². The summed E-state index contributed by atoms with van der Waals surface area (Å²) in [7, 11) is 0. The Labute approximate surface area is 186 Å². The van der Waals surface area contributed by atoms with E-state index in [-0.39, 0.29) is 18.1 Å². The van der Waals surface area contributed by atoms with Gasteiger partial charge < -0.3 is 15.5 Å². The quantitative estimate of drug-likeness (QED) is 0.390. The Hall–Kier alpha value is -3.96. The number of aliphatic hydroxyl groups is 1. The molecular weight excluding hydrogens is 402 g/mol. The number of anilines is 1. The van der Waals surface area contributed by atoms with Crippen LogP contribution in [0.3, 0.4) is 0 Å². The lowest BCUT2D eigenvalue weighted by atomic mass is 9.95. The van der Waals surface area contributed by atoms with Gasteiger partial charge in [0.1, 0.15) is 0 Å². The molecule has 32 heavy (non-hydrogen) atoms. The lowest BCUT2D eigenvalue weighted by Gasteiger charge is -2.16. The number of aliphatic hydroxyl groups excluding tert-OH is 1. The van der Waals surface area contributed by atoms with Crippen LogP contribution >= 0.6 is 0 Å². The molecule has 0 fully saturated rings. The number of aryl methyl sites for hydroxylation is 1. The number of hydrogen-bond donors (Lipinski definition) is 3. The monoisotopic (exact) mass is 425 g/mol. The fraction of sp³-hybridized carbons (Fsp3) is 0.111. The minimum atomic E-state index is -1.03. The predicted octanol–water partition coefficient (Wildman–Crippen LogP) is 5.57. The van der Waals surface area contributed by atoms with Crippen LogP contribution in [0.25, 0.3) is 21.9 Å². The zero-order valence-electron chi connectivity index (χ0n) is 17.8. The molecule has 0 aromatic heterocycles. The number of carbonyl (C=O) groups excluding carboxylic acids is 1. The SMILES string of the molecule is Cc1ccc(C(=O)O)c(C)c1NC(=O)c1cc(-c2cccc(CO)c2)cc2ccccc12. The normalized spacial score (nSPS) is 10.8. The first-order valence-corrected chi connectivity index (χ1v) is 10.3. The summed E-state index contributed by atoms with van der Waals surface area (Å²) in [4.78, 5) is 25.0. The smallest absolute Gasteiger partial charge is 0.336 e. The van der Waals surface area contributed by atoms with Gasteiger partial charge in [0.25, 0.3) is 5.91 Å². The van der Waals surface area contributed by atoms with Gasteiger partial charge in [0.2, 0.25) is 0 Å². The van der Waals surface area contributed by atoms with E-state index < -0.39 is 5.97 Å². The number of rotatable bonds is 5. The summed E-state index contributed by atoms with van der Waals surface area (Å²) in [6.07, 6.45) is 0. The highest BCUT2D eigenvalue weighted by Crippen LogP contribution is 2.30. The van der Waals surface area contributed by atoms with E-state index in [1.807, 2.05) is 67.6 Å². The Balaban J connectivity index is 1.83. The summed E-state index contributed by atoms with van der Waals surface area (Å²) in [5.74, 6) is -1.34. The van der Waals surface area contributed by atoms with Gasteiger partial charge in [-0.1, -0.05) is 48.5 Å². The molecule has 4 aromatic rings. The Morgan fingerprint density at radius 1 is 0.844 bits per heavy atom. The molecule has 0 aliphatic heterocycles. The van der Waals surface area contributed by atoms with Crippen molar-refractivity contribution in [3.63, 3.8) is 0 Å². The summed E-state index contributed by atoms with van der Waals surface area (Å²) in [6, 6.07) is 22.3. The molecule has 0 unspecified atom stereocenters. The zero-order valence-corrected chi connectivity index (χ0v) is 17.8. The number of carbonyl (C=O) groups is 2. The second-order valence-electron chi connectivity index (χ2n) is 7.79. The second kappa shape index (κ2) is 8.65. The van der Waals surface area contributed by atoms with Crippen LogP contribution in [0.2, 0.25) is 0 Å². The average molecular weight is 425 g/mol. The molecule has 0 spiro atoms. The van der Waals surface area contributed by atoms with Crippen molar-refractivity contribution in [1.29, 1.82) is 0 Å². The lowest BCUT2D eigenvalue weighted by molar-refractivity contribution is 0.0695. The van der Waals surface area contributed by atoms with Gasteiger partial charge in [-0.3, -0.25) is 4.79 Å². The summed E-state index contributed by atoms with van der Waals surface area (Å²) < 4.78 is 0. The number of nitrogens with one attached hydrogen (secondary N) is 1. The van der Waals surface area contributed by atoms with Gasteiger partial charge in [0.05, 0.1) is 12.2 Å². The van der Waals surface area contributed by atoms with Gasteiger partial charge in [-0.2, -0.15) is 0 Å². The fourth-order valence-corrected chi connectivity index (χ4v) is 3.97. The molecule has 5 heteroatoms. The number of hydrogen-bond acceptors (Lipinski definition) is 3. The molecule has 5 nitrogen and oxygen atoms in total. The summed E-state index contributed by atoms with van der Waals surface area (Å²) in [6.45, 7) is 3.47. The van der Waals surface area contributed by atoms with Crippen LogP contribution in [-0.2, 0) is 6.61 Å². The van der Waals surface area contributed by atoms with E-state index in [0.717, 1.165) is 33.0 Å². The predicted molar refractivity (Wildman–Crippen MR) is 126 cm³/mol. The van der Waals surface area contributed by atoms with E-state index >= 15 is 0 Å². The van der Waals surface area contributed by atoms with Crippen LogP contribution < -0.4 is 5.32 Å². The van der Waals surface area contributed by atoms with E-state index in [0.29, 0.717) is 16.8 Å². The van der Waals surface area contributed by atoms with Gasteiger partial charge >= 0.3 is 5.97 Å². The summed E-state index contributed by atoms with van der Waals surface area (Å²) in [5.41, 5.74) is 5.01. The Morgan fingerprint density at radius 2 is 1.62 bits per heavy atom. The van der Waals surface area contributed by atoms with Gasteiger partial charge in [0, 0.05) is 11.3 Å². The summed E-state index contributed by atoms with van der Waals surface area (Å²) >= 11 is 0. The zero-order chi connectivity index (χ0) is 22.8. The highest BCUT2D eigenvalue weighted by Gasteiger charge is 2.18. The molecule has 0 atom stereocenters. The molecule has 0 bridgehead atoms. The minimum absolute atomic E-state index is 0.0623. The number of carboxylic acid groups (broad SMARTS) is 1. The van der Waals surface area contributed by atoms with Crippen molar-refractivity contribution in [2.45, 2.75) is 20.5 Å². The molecule has 1 amide bonds. The van der Waals surface area contributed by atoms with E-state index in [2.05, 4.69) is 5.32 Å². The molecule has 3 N–H and O–H groups in total. The second-order valence-corrected chi connectivity index (χ2v) is 7.79. The maximum absolute atomic E-state index is 13.4. The standard InChI is InChI=1S/C27H23NO4/c1-16-10-11-22(27(31)32)17(2)25(16)28-26(30)24-14-21(13-20-7-3-4-9-23(20)24)19-8-5-6-18(12-19)15-29/h3-14,29H,15H2,1-2H3,(H,28,30)(H,31,32). The molecule has 4 aromatic carbocycles. The van der Waals surface area contributed by atoms with Crippen LogP contribution in [0.1, 0.15) is 37.4 Å². The molecular formula is C27H23NO4. The van der Waals surface area contributed by atoms with E-state index in [1.54, 1.807) is 19.1 Å². The molecule has 0 saturated heterocycles. The largest absolute Gasteiger partial charge is 0.478 e. The number of fused-ring (bicyclic) bond motifs is 1. The van der Waals surface area contributed by atoms with Crippen molar-refractivity contribution in [1.82, 2.24) is 0 Å². The Kier molecular flexibility index (Phi) is 5.75. The molecule has 4 rings (SSSR count). The third-order valence-electron chi connectivity index (χ3n) is 5.69. The third-order valence-corrected chi connectivity index (χ3v) is 5.69. The van der Waals surface area contributed by atoms with Crippen molar-refractivity contribution < 1.29 is 19.8 Å². The first-order chi connectivity index (χ1) is 15.4. The third kappa shape index (κ3) is 3.98. The van der Waals surface area contributed by atoms with Crippen molar-refractivity contribution >= 4 is 28.3 Å². The first-order valence-electron chi connectivity index (χ1n) is 10.3. The Bertz CT molecular complexity index is 1360. The van der Waals surface area contributed by atoms with E-state index in [1.165, 1.54) is 0 Å². The maximum Gasteiger partial charge on any atom is 0.336 e. The highest BCUT2D eigenvalue weighted by molar-refractivity contribution is 6.14. The van der Waals surface area contributed by atoms with Crippen LogP contribution in [0, 0.1) is 13.8 Å². The molecule has 160 valence electrons. The average Bonchev–Trinajstić information content (AvgIpc) is 2.80. The van der Waals surface area contributed by atoms with Crippen LogP contribution in [-0.4, -0.2) is 22.1 Å². The molecule has 0 aliphatic rings. The molecule has 0 radical (unpaired) electrons. The number of amides is 1. The van der Waals surface area contributed by atoms with E-state index in [4.69, 9.17) is 0 Å². The number of aromatic carboxylic acids is 1. The molecule has 0 heterocycles. The first kappa shape index (κ1) is 21.3. The van der Waals surface area contributed by atoms with Crippen molar-refractivity contribution in [2.75, 3.05) is 5.32 Å². The van der Waals surface area contributed by atoms with Crippen molar-refractivity contribution in [3.8, 4) is 11.1 Å². The number of carboxylic acids is 1. The summed E-state index contributed by atoms with van der Waals surface area (Å²) in [5, 5.41) is 23.6. The van der Waals surface area contributed by atoms with Gasteiger partial charge in [-0.25, -0.2) is 4.79 Å². The van der Waals surface area contributed by atoms with Crippen LogP contribution in [0.5, 0.6) is 0 Å². The molecule has 0 saturated carbocycles. The van der Waals surface area contributed by atoms with E-state index in [9.17, 15) is 19.8 Å². The maximum atomic E-state index is 13.4. The highest BCUT2D eigenvalue weighted by atomic mass is 16.4. The number of benzene rings is 4. The fourth-order valence-electron chi connectivity index (χ4n) is 3.97. The lowest BCUT2D eigenvalue weighted by Crippen LogP contribution is -2.16. The van der Waals surface area contributed by atoms with Crippen molar-refractivity contribution in [2.24, 2.45) is 0 Å². The van der Waals surface area contributed by atoms with Gasteiger partial charge in [-0.05, 0) is 76.7 Å². The van der Waals surface area contributed by atoms with Crippen molar-refractivity contribution in [3.05, 3.63) is 101 Å².